The topological polar surface area (TPSA) is 42.4 Å². The van der Waals surface area contributed by atoms with Crippen molar-refractivity contribution >= 4 is 0 Å². The van der Waals surface area contributed by atoms with Crippen molar-refractivity contribution in [2.45, 2.75) is 20.5 Å². The zero-order chi connectivity index (χ0) is 13.1. The molecule has 0 atom stereocenters. The summed E-state index contributed by atoms with van der Waals surface area (Å²) in [4.78, 5) is 4.14. The first kappa shape index (κ1) is 12.6. The van der Waals surface area contributed by atoms with Crippen LogP contribution in [0.5, 0.6) is 5.75 Å². The van der Waals surface area contributed by atoms with E-state index in [1.54, 1.807) is 13.3 Å². The Morgan fingerprint density at radius 1 is 1.22 bits per heavy atom. The molecule has 0 aliphatic rings. The molecule has 0 saturated heterocycles. The molecule has 18 heavy (non-hydrogen) atoms. The number of hydrogen-bond donors (Lipinski definition) is 1. The molecule has 0 aliphatic carbocycles. The largest absolute Gasteiger partial charge is 0.494 e. The molecule has 94 valence electrons. The summed E-state index contributed by atoms with van der Waals surface area (Å²) in [6.45, 7) is 4.07. The SMILES string of the molecule is COc1cnc(CO)cc1-c1c(C)cccc1C. The average Bonchev–Trinajstić information content (AvgIpc) is 2.38. The van der Waals surface area contributed by atoms with Gasteiger partial charge in [-0.3, -0.25) is 4.98 Å². The van der Waals surface area contributed by atoms with Crippen molar-refractivity contribution in [2.24, 2.45) is 0 Å². The predicted octanol–water partition coefficient (Wildman–Crippen LogP) is 2.87. The van der Waals surface area contributed by atoms with Crippen LogP contribution in [0.3, 0.4) is 0 Å². The van der Waals surface area contributed by atoms with E-state index in [1.807, 2.05) is 12.1 Å². The minimum Gasteiger partial charge on any atom is -0.494 e. The van der Waals surface area contributed by atoms with Crippen molar-refractivity contribution in [3.05, 3.63) is 47.3 Å². The van der Waals surface area contributed by atoms with Crippen LogP contribution >= 0.6 is 0 Å². The van der Waals surface area contributed by atoms with E-state index in [2.05, 4.69) is 31.0 Å². The van der Waals surface area contributed by atoms with Crippen molar-refractivity contribution in [3.8, 4) is 16.9 Å². The standard InChI is InChI=1S/C15H17NO2/c1-10-5-4-6-11(2)15(10)13-7-12(9-17)16-8-14(13)18-3/h4-8,17H,9H2,1-3H3. The molecule has 1 aromatic carbocycles. The summed E-state index contributed by atoms with van der Waals surface area (Å²) in [5, 5.41) is 9.21. The lowest BCUT2D eigenvalue weighted by Crippen LogP contribution is -1.97. The summed E-state index contributed by atoms with van der Waals surface area (Å²) in [6, 6.07) is 8.06. The number of aliphatic hydroxyl groups excluding tert-OH is 1. The molecule has 2 rings (SSSR count). The molecule has 0 bridgehead atoms. The van der Waals surface area contributed by atoms with E-state index in [4.69, 9.17) is 4.74 Å². The summed E-state index contributed by atoms with van der Waals surface area (Å²) >= 11 is 0. The molecule has 0 saturated carbocycles. The third kappa shape index (κ3) is 2.22. The van der Waals surface area contributed by atoms with Crippen LogP contribution in [0.25, 0.3) is 11.1 Å². The number of pyridine rings is 1. The van der Waals surface area contributed by atoms with Crippen LogP contribution in [-0.4, -0.2) is 17.2 Å². The van der Waals surface area contributed by atoms with Crippen molar-refractivity contribution in [3.63, 3.8) is 0 Å². The van der Waals surface area contributed by atoms with E-state index in [1.165, 1.54) is 11.1 Å². The summed E-state index contributed by atoms with van der Waals surface area (Å²) in [6.07, 6.45) is 1.66. The lowest BCUT2D eigenvalue weighted by molar-refractivity contribution is 0.276. The van der Waals surface area contributed by atoms with Gasteiger partial charge in [0.15, 0.2) is 0 Å². The van der Waals surface area contributed by atoms with Gasteiger partial charge in [-0.15, -0.1) is 0 Å². The number of benzene rings is 1. The van der Waals surface area contributed by atoms with Crippen LogP contribution in [0.1, 0.15) is 16.8 Å². The zero-order valence-corrected chi connectivity index (χ0v) is 10.9. The maximum absolute atomic E-state index is 9.21. The molecule has 0 aliphatic heterocycles. The number of rotatable bonds is 3. The molecule has 0 radical (unpaired) electrons. The molecular weight excluding hydrogens is 226 g/mol. The number of hydrogen-bond acceptors (Lipinski definition) is 3. The lowest BCUT2D eigenvalue weighted by Gasteiger charge is -2.14. The maximum Gasteiger partial charge on any atom is 0.145 e. The molecule has 0 fully saturated rings. The van der Waals surface area contributed by atoms with Crippen LogP contribution in [0.2, 0.25) is 0 Å². The summed E-state index contributed by atoms with van der Waals surface area (Å²) in [7, 11) is 1.63. The van der Waals surface area contributed by atoms with Gasteiger partial charge >= 0.3 is 0 Å². The van der Waals surface area contributed by atoms with Crippen molar-refractivity contribution in [1.29, 1.82) is 0 Å². The van der Waals surface area contributed by atoms with E-state index in [-0.39, 0.29) is 6.61 Å². The molecule has 1 N–H and O–H groups in total. The van der Waals surface area contributed by atoms with Gasteiger partial charge in [-0.1, -0.05) is 18.2 Å². The van der Waals surface area contributed by atoms with Gasteiger partial charge < -0.3 is 9.84 Å². The number of nitrogens with zero attached hydrogens (tertiary/aromatic N) is 1. The van der Waals surface area contributed by atoms with E-state index in [0.717, 1.165) is 16.9 Å². The lowest BCUT2D eigenvalue weighted by atomic mass is 9.95. The Morgan fingerprint density at radius 3 is 2.44 bits per heavy atom. The van der Waals surface area contributed by atoms with Gasteiger partial charge in [-0.25, -0.2) is 0 Å². The second-order valence-electron chi connectivity index (χ2n) is 4.30. The molecule has 1 heterocycles. The second-order valence-corrected chi connectivity index (χ2v) is 4.30. The van der Waals surface area contributed by atoms with E-state index >= 15 is 0 Å². The minimum atomic E-state index is -0.0675. The first-order valence-electron chi connectivity index (χ1n) is 5.87. The van der Waals surface area contributed by atoms with Crippen LogP contribution in [-0.2, 0) is 6.61 Å². The van der Waals surface area contributed by atoms with Crippen LogP contribution in [0.15, 0.2) is 30.5 Å². The third-order valence-electron chi connectivity index (χ3n) is 3.06. The number of aromatic nitrogens is 1. The Morgan fingerprint density at radius 2 is 1.89 bits per heavy atom. The molecule has 0 spiro atoms. The summed E-state index contributed by atoms with van der Waals surface area (Å²) in [5.74, 6) is 0.726. The second kappa shape index (κ2) is 5.19. The summed E-state index contributed by atoms with van der Waals surface area (Å²) in [5.41, 5.74) is 5.14. The first-order chi connectivity index (χ1) is 8.67. The zero-order valence-electron chi connectivity index (χ0n) is 10.9. The minimum absolute atomic E-state index is 0.0675. The van der Waals surface area contributed by atoms with Gasteiger partial charge in [0.2, 0.25) is 0 Å². The fourth-order valence-electron chi connectivity index (χ4n) is 2.17. The van der Waals surface area contributed by atoms with Crippen molar-refractivity contribution < 1.29 is 9.84 Å². The highest BCUT2D eigenvalue weighted by molar-refractivity contribution is 5.76. The Labute approximate surface area is 107 Å². The van der Waals surface area contributed by atoms with Gasteiger partial charge in [-0.05, 0) is 36.6 Å². The fraction of sp³-hybridized carbons (Fsp3) is 0.267. The van der Waals surface area contributed by atoms with Crippen molar-refractivity contribution in [2.75, 3.05) is 7.11 Å². The molecule has 0 amide bonds. The predicted molar refractivity (Wildman–Crippen MR) is 71.6 cm³/mol. The molecular formula is C15H17NO2. The molecule has 0 unspecified atom stereocenters. The van der Waals surface area contributed by atoms with Crippen molar-refractivity contribution in [1.82, 2.24) is 4.98 Å². The van der Waals surface area contributed by atoms with Crippen LogP contribution < -0.4 is 4.74 Å². The highest BCUT2D eigenvalue weighted by atomic mass is 16.5. The Balaban J connectivity index is 2.68. The van der Waals surface area contributed by atoms with Gasteiger partial charge in [0.05, 0.1) is 25.6 Å². The van der Waals surface area contributed by atoms with Gasteiger partial charge in [0.1, 0.15) is 5.75 Å². The normalized spacial score (nSPS) is 10.4. The van der Waals surface area contributed by atoms with Gasteiger partial charge in [0, 0.05) is 5.56 Å². The smallest absolute Gasteiger partial charge is 0.145 e. The maximum atomic E-state index is 9.21. The third-order valence-corrected chi connectivity index (χ3v) is 3.06. The number of ether oxygens (including phenoxy) is 1. The van der Waals surface area contributed by atoms with Gasteiger partial charge in [0.25, 0.3) is 0 Å². The Hall–Kier alpha value is -1.87. The molecule has 3 heteroatoms. The van der Waals surface area contributed by atoms with Crippen LogP contribution in [0.4, 0.5) is 0 Å². The highest BCUT2D eigenvalue weighted by Gasteiger charge is 2.12. The fourth-order valence-corrected chi connectivity index (χ4v) is 2.17. The van der Waals surface area contributed by atoms with Gasteiger partial charge in [-0.2, -0.15) is 0 Å². The first-order valence-corrected chi connectivity index (χ1v) is 5.87. The monoisotopic (exact) mass is 243 g/mol. The number of aliphatic hydroxyl groups is 1. The highest BCUT2D eigenvalue weighted by Crippen LogP contribution is 2.34. The van der Waals surface area contributed by atoms with Crippen LogP contribution in [0, 0.1) is 13.8 Å². The quantitative estimate of drug-likeness (QED) is 0.901. The van der Waals surface area contributed by atoms with E-state index in [9.17, 15) is 5.11 Å². The molecule has 1 aromatic heterocycles. The molecule has 2 aromatic rings. The Kier molecular flexibility index (Phi) is 3.63. The van der Waals surface area contributed by atoms with E-state index < -0.39 is 0 Å². The summed E-state index contributed by atoms with van der Waals surface area (Å²) < 4.78 is 5.37. The van der Waals surface area contributed by atoms with E-state index in [0.29, 0.717) is 5.69 Å². The average molecular weight is 243 g/mol. The molecule has 3 nitrogen and oxygen atoms in total. The number of aryl methyl sites for hydroxylation is 2. The number of methoxy groups -OCH3 is 1. The Bertz CT molecular complexity index is 544.